The van der Waals surface area contributed by atoms with E-state index in [1.165, 1.54) is 11.3 Å². The fourth-order valence-corrected chi connectivity index (χ4v) is 3.18. The number of hydrogen-bond donors (Lipinski definition) is 1. The first kappa shape index (κ1) is 18.9. The zero-order valence-corrected chi connectivity index (χ0v) is 14.5. The van der Waals surface area contributed by atoms with Gasteiger partial charge in [0.2, 0.25) is 0 Å². The van der Waals surface area contributed by atoms with Gasteiger partial charge in [-0.3, -0.25) is 4.79 Å². The molecule has 4 nitrogen and oxygen atoms in total. The highest BCUT2D eigenvalue weighted by Gasteiger charge is 2.19. The Labute approximate surface area is 146 Å². The normalized spacial score (nSPS) is 14.5. The Kier molecular flexibility index (Phi) is 7.82. The largest absolute Gasteiger partial charge is 0.337 e. The van der Waals surface area contributed by atoms with Gasteiger partial charge < -0.3 is 10.2 Å². The van der Waals surface area contributed by atoms with E-state index < -0.39 is 0 Å². The van der Waals surface area contributed by atoms with E-state index in [1.54, 1.807) is 6.20 Å². The predicted molar refractivity (Wildman–Crippen MR) is 95.4 cm³/mol. The molecule has 1 aromatic carbocycles. The van der Waals surface area contributed by atoms with Crippen molar-refractivity contribution in [2.24, 2.45) is 0 Å². The van der Waals surface area contributed by atoms with Crippen LogP contribution in [-0.4, -0.2) is 42.0 Å². The summed E-state index contributed by atoms with van der Waals surface area (Å²) in [4.78, 5) is 19.5. The lowest BCUT2D eigenvalue weighted by Crippen LogP contribution is -2.33. The molecular weight excluding hydrogens is 341 g/mol. The predicted octanol–water partition coefficient (Wildman–Crippen LogP) is 3.09. The second kappa shape index (κ2) is 9.10. The van der Waals surface area contributed by atoms with Crippen LogP contribution in [0.1, 0.15) is 16.1 Å². The summed E-state index contributed by atoms with van der Waals surface area (Å²) < 4.78 is 0. The molecule has 2 aromatic rings. The fourth-order valence-electron chi connectivity index (χ4n) is 2.29. The van der Waals surface area contributed by atoms with Crippen LogP contribution in [0, 0.1) is 0 Å². The lowest BCUT2D eigenvalue weighted by Gasteiger charge is -2.18. The Balaban J connectivity index is 0.00000121. The quantitative estimate of drug-likeness (QED) is 0.895. The van der Waals surface area contributed by atoms with E-state index in [0.29, 0.717) is 0 Å². The first-order valence-corrected chi connectivity index (χ1v) is 7.67. The molecule has 1 aliphatic heterocycles. The van der Waals surface area contributed by atoms with E-state index in [-0.39, 0.29) is 30.7 Å². The van der Waals surface area contributed by atoms with Crippen LogP contribution < -0.4 is 5.32 Å². The number of benzene rings is 1. The van der Waals surface area contributed by atoms with Crippen LogP contribution in [0.3, 0.4) is 0 Å². The summed E-state index contributed by atoms with van der Waals surface area (Å²) in [6, 6.07) is 9.98. The van der Waals surface area contributed by atoms with Crippen molar-refractivity contribution in [2.75, 3.05) is 26.2 Å². The van der Waals surface area contributed by atoms with Crippen LogP contribution in [0.25, 0.3) is 10.6 Å². The van der Waals surface area contributed by atoms with Gasteiger partial charge in [0.05, 0.1) is 6.20 Å². The molecule has 1 N–H and O–H groups in total. The number of nitrogens with zero attached hydrogens (tertiary/aromatic N) is 2. The van der Waals surface area contributed by atoms with Crippen LogP contribution >= 0.6 is 36.2 Å². The summed E-state index contributed by atoms with van der Waals surface area (Å²) in [5.41, 5.74) is 1.06. The second-order valence-electron chi connectivity index (χ2n) is 4.79. The third-order valence-corrected chi connectivity index (χ3v) is 4.40. The molecule has 0 saturated carbocycles. The van der Waals surface area contributed by atoms with Gasteiger partial charge in [0.25, 0.3) is 5.91 Å². The topological polar surface area (TPSA) is 45.2 Å². The first-order valence-electron chi connectivity index (χ1n) is 6.86. The van der Waals surface area contributed by atoms with Gasteiger partial charge in [0.1, 0.15) is 9.88 Å². The van der Waals surface area contributed by atoms with Crippen molar-refractivity contribution < 1.29 is 4.79 Å². The van der Waals surface area contributed by atoms with Gasteiger partial charge in [-0.1, -0.05) is 30.3 Å². The summed E-state index contributed by atoms with van der Waals surface area (Å²) in [5, 5.41) is 4.21. The van der Waals surface area contributed by atoms with Gasteiger partial charge in [0, 0.05) is 25.2 Å². The monoisotopic (exact) mass is 359 g/mol. The van der Waals surface area contributed by atoms with Crippen molar-refractivity contribution in [3.8, 4) is 10.6 Å². The Morgan fingerprint density at radius 2 is 1.91 bits per heavy atom. The molecule has 1 aliphatic rings. The van der Waals surface area contributed by atoms with Crippen LogP contribution in [0.5, 0.6) is 0 Å². The van der Waals surface area contributed by atoms with E-state index >= 15 is 0 Å². The molecule has 0 spiro atoms. The lowest BCUT2D eigenvalue weighted by atomic mass is 10.2. The number of aromatic nitrogens is 1. The van der Waals surface area contributed by atoms with Gasteiger partial charge in [-0.05, 0) is 13.0 Å². The average Bonchev–Trinajstić information content (AvgIpc) is 2.83. The number of carbonyl (C=O) groups excluding carboxylic acids is 1. The van der Waals surface area contributed by atoms with E-state index in [2.05, 4.69) is 10.3 Å². The van der Waals surface area contributed by atoms with E-state index in [4.69, 9.17) is 0 Å². The number of nitrogens with one attached hydrogen (secondary N) is 1. The zero-order valence-electron chi connectivity index (χ0n) is 12.0. The minimum absolute atomic E-state index is 0. The molecule has 0 radical (unpaired) electrons. The second-order valence-corrected chi connectivity index (χ2v) is 5.82. The van der Waals surface area contributed by atoms with Gasteiger partial charge >= 0.3 is 0 Å². The molecule has 0 atom stereocenters. The summed E-state index contributed by atoms with van der Waals surface area (Å²) in [7, 11) is 0. The highest BCUT2D eigenvalue weighted by atomic mass is 35.5. The van der Waals surface area contributed by atoms with Crippen molar-refractivity contribution in [2.45, 2.75) is 6.42 Å². The molecule has 1 aromatic heterocycles. The Morgan fingerprint density at radius 3 is 2.68 bits per heavy atom. The van der Waals surface area contributed by atoms with E-state index in [0.717, 1.165) is 48.0 Å². The van der Waals surface area contributed by atoms with Gasteiger partial charge in [-0.15, -0.1) is 36.2 Å². The molecule has 0 unspecified atom stereocenters. The Bertz CT molecular complexity index is 583. The molecule has 0 aliphatic carbocycles. The number of rotatable bonds is 2. The van der Waals surface area contributed by atoms with Crippen LogP contribution in [0.4, 0.5) is 0 Å². The van der Waals surface area contributed by atoms with Crippen LogP contribution in [-0.2, 0) is 0 Å². The first-order chi connectivity index (χ1) is 9.84. The summed E-state index contributed by atoms with van der Waals surface area (Å²) >= 11 is 1.47. The fraction of sp³-hybridized carbons (Fsp3) is 0.333. The van der Waals surface area contributed by atoms with Crippen LogP contribution in [0.15, 0.2) is 36.5 Å². The van der Waals surface area contributed by atoms with Crippen molar-refractivity contribution in [1.82, 2.24) is 15.2 Å². The van der Waals surface area contributed by atoms with Crippen molar-refractivity contribution in [3.05, 3.63) is 41.4 Å². The molecule has 22 heavy (non-hydrogen) atoms. The molecule has 3 rings (SSSR count). The molecular formula is C15H19Cl2N3OS. The summed E-state index contributed by atoms with van der Waals surface area (Å²) in [5.74, 6) is 0.105. The number of amides is 1. The maximum Gasteiger partial charge on any atom is 0.265 e. The number of carbonyl (C=O) groups is 1. The van der Waals surface area contributed by atoms with Crippen molar-refractivity contribution in [3.63, 3.8) is 0 Å². The highest BCUT2D eigenvalue weighted by molar-refractivity contribution is 7.16. The minimum atomic E-state index is 0. The number of thiazole rings is 1. The standard InChI is InChI=1S/C15H17N3OS.2ClH/c19-15(18-9-4-7-16-8-10-18)13-11-17-14(20-13)12-5-2-1-3-6-12;;/h1-3,5-6,11,16H,4,7-10H2;2*1H. The van der Waals surface area contributed by atoms with E-state index in [9.17, 15) is 4.79 Å². The molecule has 2 heterocycles. The number of halogens is 2. The van der Waals surface area contributed by atoms with Crippen molar-refractivity contribution >= 4 is 42.1 Å². The van der Waals surface area contributed by atoms with Gasteiger partial charge in [-0.25, -0.2) is 4.98 Å². The SMILES string of the molecule is Cl.Cl.O=C(c1cnc(-c2ccccc2)s1)N1CCCNCC1. The Morgan fingerprint density at radius 1 is 1.14 bits per heavy atom. The molecule has 1 saturated heterocycles. The molecule has 7 heteroatoms. The summed E-state index contributed by atoms with van der Waals surface area (Å²) in [6.45, 7) is 3.46. The molecule has 1 fully saturated rings. The average molecular weight is 360 g/mol. The van der Waals surface area contributed by atoms with E-state index in [1.807, 2.05) is 35.2 Å². The molecule has 0 bridgehead atoms. The zero-order chi connectivity index (χ0) is 13.8. The molecule has 120 valence electrons. The lowest BCUT2D eigenvalue weighted by molar-refractivity contribution is 0.0771. The van der Waals surface area contributed by atoms with Crippen molar-refractivity contribution in [1.29, 1.82) is 0 Å². The third kappa shape index (κ3) is 4.43. The summed E-state index contributed by atoms with van der Waals surface area (Å²) in [6.07, 6.45) is 2.71. The maximum atomic E-state index is 12.5. The van der Waals surface area contributed by atoms with Crippen LogP contribution in [0.2, 0.25) is 0 Å². The third-order valence-electron chi connectivity index (χ3n) is 3.36. The molecule has 1 amide bonds. The number of hydrogen-bond acceptors (Lipinski definition) is 4. The highest BCUT2D eigenvalue weighted by Crippen LogP contribution is 2.25. The Hall–Kier alpha value is -1.14. The minimum Gasteiger partial charge on any atom is -0.337 e. The maximum absolute atomic E-state index is 12.5. The van der Waals surface area contributed by atoms with Gasteiger partial charge in [0.15, 0.2) is 0 Å². The van der Waals surface area contributed by atoms with Gasteiger partial charge in [-0.2, -0.15) is 0 Å². The smallest absolute Gasteiger partial charge is 0.265 e.